The van der Waals surface area contributed by atoms with E-state index < -0.39 is 101 Å². The van der Waals surface area contributed by atoms with Crippen LogP contribution in [0.3, 0.4) is 0 Å². The lowest BCUT2D eigenvalue weighted by Gasteiger charge is -2.64. The summed E-state index contributed by atoms with van der Waals surface area (Å²) >= 11 is 0. The van der Waals surface area contributed by atoms with E-state index in [-0.39, 0.29) is 23.1 Å². The summed E-state index contributed by atoms with van der Waals surface area (Å²) < 4.78 is 44.3. The highest BCUT2D eigenvalue weighted by Gasteiger charge is 2.85. The molecule has 3 aromatic carbocycles. The number of fused-ring (bicyclic) bond motifs is 1. The summed E-state index contributed by atoms with van der Waals surface area (Å²) in [5.74, 6) is -6.46. The fourth-order valence-corrected chi connectivity index (χ4v) is 8.99. The predicted molar refractivity (Wildman–Crippen MR) is 192 cm³/mol. The summed E-state index contributed by atoms with van der Waals surface area (Å²) in [4.78, 5) is 81.3. The number of carbonyl (C=O) groups is 6. The van der Waals surface area contributed by atoms with E-state index in [0.29, 0.717) is 0 Å². The van der Waals surface area contributed by atoms with Gasteiger partial charge in [-0.3, -0.25) is 14.4 Å². The van der Waals surface area contributed by atoms with Gasteiger partial charge in [0.15, 0.2) is 12.2 Å². The molecule has 0 radical (unpaired) electrons. The standard InChI is InChI=1S/C42H44O13/c1-24-22-31(53-38(47)29-18-12-8-13-19-29)34(51-26(3)44)41(23-49-37(46)28-16-10-7-11-17-28)36(54-39(48)30-20-14-9-15-21-30)33(50-25(2)43)32-35(52-27(4)45)42(24,41)55-40(32,5)6/h7-21,24,31-36H,22-23H2,1-6H3/t24-,31+,32-,33+,34+,35-,36+,41+,42-/m1/s1. The zero-order chi connectivity index (χ0) is 39.7. The van der Waals surface area contributed by atoms with Crippen LogP contribution in [0.15, 0.2) is 91.0 Å². The van der Waals surface area contributed by atoms with Gasteiger partial charge >= 0.3 is 35.8 Å². The molecule has 1 spiro atoms. The van der Waals surface area contributed by atoms with Crippen LogP contribution in [0.5, 0.6) is 0 Å². The summed E-state index contributed by atoms with van der Waals surface area (Å²) in [6.07, 6.45) is -7.25. The van der Waals surface area contributed by atoms with Crippen molar-refractivity contribution in [3.05, 3.63) is 108 Å². The van der Waals surface area contributed by atoms with Gasteiger partial charge in [0, 0.05) is 20.8 Å². The van der Waals surface area contributed by atoms with Crippen LogP contribution >= 0.6 is 0 Å². The van der Waals surface area contributed by atoms with Gasteiger partial charge in [0.2, 0.25) is 0 Å². The van der Waals surface area contributed by atoms with E-state index in [0.717, 1.165) is 6.92 Å². The molecule has 0 unspecified atom stereocenters. The first-order chi connectivity index (χ1) is 26.1. The van der Waals surface area contributed by atoms with E-state index in [4.69, 9.17) is 33.2 Å². The molecule has 3 aromatic rings. The first kappa shape index (κ1) is 39.1. The molecule has 1 saturated heterocycles. The van der Waals surface area contributed by atoms with E-state index in [9.17, 15) is 28.8 Å². The van der Waals surface area contributed by atoms with E-state index in [1.807, 2.05) is 0 Å². The summed E-state index contributed by atoms with van der Waals surface area (Å²) in [6, 6.07) is 24.3. The third-order valence-corrected chi connectivity index (χ3v) is 10.9. The number of hydrogen-bond acceptors (Lipinski definition) is 13. The maximum Gasteiger partial charge on any atom is 0.338 e. The Balaban J connectivity index is 1.65. The van der Waals surface area contributed by atoms with Gasteiger partial charge in [0.25, 0.3) is 0 Å². The summed E-state index contributed by atoms with van der Waals surface area (Å²) in [6.45, 7) is 8.03. The van der Waals surface area contributed by atoms with Crippen molar-refractivity contribution in [1.29, 1.82) is 0 Å². The molecular formula is C42H44O13. The lowest BCUT2D eigenvalue weighted by molar-refractivity contribution is -0.327. The Kier molecular flexibility index (Phi) is 10.9. The van der Waals surface area contributed by atoms with Crippen molar-refractivity contribution in [1.82, 2.24) is 0 Å². The fourth-order valence-electron chi connectivity index (χ4n) is 8.99. The van der Waals surface area contributed by atoms with Crippen molar-refractivity contribution >= 4 is 35.8 Å². The van der Waals surface area contributed by atoms with Crippen LogP contribution < -0.4 is 0 Å². The van der Waals surface area contributed by atoms with Gasteiger partial charge in [0.05, 0.1) is 28.2 Å². The molecule has 0 N–H and O–H groups in total. The average Bonchev–Trinajstić information content (AvgIpc) is 3.34. The van der Waals surface area contributed by atoms with E-state index in [1.54, 1.807) is 87.5 Å². The van der Waals surface area contributed by atoms with E-state index in [2.05, 4.69) is 0 Å². The van der Waals surface area contributed by atoms with Gasteiger partial charge in [-0.1, -0.05) is 61.5 Å². The van der Waals surface area contributed by atoms with Crippen LogP contribution in [0, 0.1) is 17.3 Å². The first-order valence-electron chi connectivity index (χ1n) is 18.1. The highest BCUT2D eigenvalue weighted by atomic mass is 16.6. The van der Waals surface area contributed by atoms with Crippen LogP contribution in [-0.2, 0) is 47.5 Å². The fraction of sp³-hybridized carbons (Fsp3) is 0.429. The minimum atomic E-state index is -2.09. The minimum absolute atomic E-state index is 0.0109. The molecule has 290 valence electrons. The Morgan fingerprint density at radius 1 is 0.600 bits per heavy atom. The molecule has 9 atom stereocenters. The van der Waals surface area contributed by atoms with Crippen LogP contribution in [-0.4, -0.2) is 84.1 Å². The summed E-state index contributed by atoms with van der Waals surface area (Å²) in [7, 11) is 0. The number of hydrogen-bond donors (Lipinski definition) is 0. The zero-order valence-electron chi connectivity index (χ0n) is 31.4. The van der Waals surface area contributed by atoms with Crippen LogP contribution in [0.1, 0.15) is 79.0 Å². The maximum atomic E-state index is 14.2. The summed E-state index contributed by atoms with van der Waals surface area (Å²) in [5, 5.41) is 0. The topological polar surface area (TPSA) is 167 Å². The third-order valence-electron chi connectivity index (χ3n) is 10.9. The van der Waals surface area contributed by atoms with Crippen molar-refractivity contribution in [3.8, 4) is 0 Å². The second kappa shape index (κ2) is 15.3. The molecule has 0 amide bonds. The average molecular weight is 757 g/mol. The lowest BCUT2D eigenvalue weighted by Crippen LogP contribution is -2.81. The molecule has 2 aliphatic carbocycles. The zero-order valence-corrected chi connectivity index (χ0v) is 31.4. The third kappa shape index (κ3) is 7.08. The molecule has 1 aliphatic heterocycles. The van der Waals surface area contributed by atoms with Gasteiger partial charge < -0.3 is 33.2 Å². The van der Waals surface area contributed by atoms with Crippen molar-refractivity contribution in [2.45, 2.75) is 89.7 Å². The van der Waals surface area contributed by atoms with Gasteiger partial charge in [-0.2, -0.15) is 0 Å². The molecular weight excluding hydrogens is 712 g/mol. The Labute approximate surface area is 318 Å². The van der Waals surface area contributed by atoms with Gasteiger partial charge in [-0.05, 0) is 62.6 Å². The highest BCUT2D eigenvalue weighted by molar-refractivity contribution is 5.91. The SMILES string of the molecule is CC(=O)O[C@H]1[C@@H]2[C@@H](OC(C)=O)[C@]3(OC2(C)C)[C@H](C)C[C@H](OC(=O)c2ccccc2)[C@H](OC(C)=O)[C@@]3(COC(=O)c2ccccc2)[C@H]1OC(=O)c1ccccc1. The Bertz CT molecular complexity index is 1930. The van der Waals surface area contributed by atoms with E-state index >= 15 is 0 Å². The molecule has 2 saturated carbocycles. The molecule has 13 heteroatoms. The maximum absolute atomic E-state index is 14.2. The van der Waals surface area contributed by atoms with E-state index in [1.165, 1.54) is 38.1 Å². The molecule has 2 bridgehead atoms. The van der Waals surface area contributed by atoms with Crippen molar-refractivity contribution in [2.75, 3.05) is 6.61 Å². The molecule has 3 fully saturated rings. The molecule has 6 rings (SSSR count). The normalized spacial score (nSPS) is 30.1. The quantitative estimate of drug-likeness (QED) is 0.194. The van der Waals surface area contributed by atoms with Gasteiger partial charge in [-0.25, -0.2) is 14.4 Å². The first-order valence-corrected chi connectivity index (χ1v) is 18.1. The molecule has 1 heterocycles. The van der Waals surface area contributed by atoms with Crippen molar-refractivity contribution in [3.63, 3.8) is 0 Å². The lowest BCUT2D eigenvalue weighted by atomic mass is 9.47. The van der Waals surface area contributed by atoms with Crippen LogP contribution in [0.2, 0.25) is 0 Å². The number of benzene rings is 3. The van der Waals surface area contributed by atoms with Crippen molar-refractivity contribution < 1.29 is 61.9 Å². The smallest absolute Gasteiger partial charge is 0.338 e. The predicted octanol–water partition coefficient (Wildman–Crippen LogP) is 5.29. The number of ether oxygens (including phenoxy) is 7. The number of carbonyl (C=O) groups excluding carboxylic acids is 6. The minimum Gasteiger partial charge on any atom is -0.461 e. The van der Waals surface area contributed by atoms with Gasteiger partial charge in [-0.15, -0.1) is 0 Å². The molecule has 3 aliphatic rings. The highest BCUT2D eigenvalue weighted by Crippen LogP contribution is 2.68. The molecule has 0 aromatic heterocycles. The number of esters is 6. The van der Waals surface area contributed by atoms with Crippen molar-refractivity contribution in [2.24, 2.45) is 17.3 Å². The second-order valence-corrected chi connectivity index (χ2v) is 14.8. The van der Waals surface area contributed by atoms with Crippen LogP contribution in [0.25, 0.3) is 0 Å². The second-order valence-electron chi connectivity index (χ2n) is 14.8. The Hall–Kier alpha value is -5.56. The molecule has 13 nitrogen and oxygen atoms in total. The number of rotatable bonds is 10. The largest absolute Gasteiger partial charge is 0.461 e. The monoisotopic (exact) mass is 756 g/mol. The van der Waals surface area contributed by atoms with Crippen LogP contribution in [0.4, 0.5) is 0 Å². The Morgan fingerprint density at radius 3 is 1.55 bits per heavy atom. The Morgan fingerprint density at radius 2 is 1.05 bits per heavy atom. The summed E-state index contributed by atoms with van der Waals surface area (Å²) in [5.41, 5.74) is -4.67. The van der Waals surface area contributed by atoms with Gasteiger partial charge in [0.1, 0.15) is 35.9 Å². The molecule has 55 heavy (non-hydrogen) atoms.